The van der Waals surface area contributed by atoms with E-state index in [0.717, 1.165) is 24.5 Å². The van der Waals surface area contributed by atoms with Crippen molar-refractivity contribution < 1.29 is 24.2 Å². The van der Waals surface area contributed by atoms with Gasteiger partial charge in [-0.1, -0.05) is 72.8 Å². The quantitative estimate of drug-likeness (QED) is 0.356. The third-order valence-corrected chi connectivity index (χ3v) is 10.5. The molecule has 0 saturated carbocycles. The van der Waals surface area contributed by atoms with Crippen LogP contribution in [0.25, 0.3) is 0 Å². The molecule has 48 heavy (non-hydrogen) atoms. The number of rotatable bonds is 8. The summed E-state index contributed by atoms with van der Waals surface area (Å²) in [6.07, 6.45) is 7.52. The first-order chi connectivity index (χ1) is 23.3. The fourth-order valence-electron chi connectivity index (χ4n) is 8.33. The Hall–Kier alpha value is -4.73. The molecule has 0 aliphatic carbocycles. The fourth-order valence-corrected chi connectivity index (χ4v) is 8.33. The minimum Gasteiger partial charge on any atom is -0.394 e. The fraction of sp³-hybridized carbons (Fsp3) is 0.359. The summed E-state index contributed by atoms with van der Waals surface area (Å²) in [5, 5.41) is 10.9. The average Bonchev–Trinajstić information content (AvgIpc) is 3.38. The van der Waals surface area contributed by atoms with Crippen LogP contribution in [0, 0.1) is 11.8 Å². The first-order valence-electron chi connectivity index (χ1n) is 16.8. The molecule has 3 aromatic rings. The lowest BCUT2D eigenvalue weighted by molar-refractivity contribution is -0.148. The summed E-state index contributed by atoms with van der Waals surface area (Å²) in [5.74, 6) is -2.86. The van der Waals surface area contributed by atoms with Crippen LogP contribution in [-0.4, -0.2) is 77.8 Å². The van der Waals surface area contributed by atoms with Crippen LogP contribution < -0.4 is 14.7 Å². The predicted octanol–water partition coefficient (Wildman–Crippen LogP) is 4.74. The molecule has 4 aliphatic rings. The van der Waals surface area contributed by atoms with Crippen molar-refractivity contribution >= 4 is 34.8 Å². The Labute approximate surface area is 281 Å². The molecule has 6 atom stereocenters. The molecule has 4 aliphatic heterocycles. The molecule has 3 aromatic carbocycles. The lowest BCUT2D eigenvalue weighted by atomic mass is 9.74. The van der Waals surface area contributed by atoms with Crippen molar-refractivity contribution in [3.8, 4) is 0 Å². The van der Waals surface area contributed by atoms with Crippen molar-refractivity contribution in [2.24, 2.45) is 11.8 Å². The minimum absolute atomic E-state index is 0.237. The Kier molecular flexibility index (Phi) is 8.21. The predicted molar refractivity (Wildman–Crippen MR) is 186 cm³/mol. The third-order valence-electron chi connectivity index (χ3n) is 10.5. The normalized spacial score (nSPS) is 28.5. The highest BCUT2D eigenvalue weighted by Crippen LogP contribution is 2.59. The summed E-state index contributed by atoms with van der Waals surface area (Å²) < 4.78 is 7.03. The highest BCUT2D eigenvalue weighted by molar-refractivity contribution is 6.07. The van der Waals surface area contributed by atoms with Crippen molar-refractivity contribution in [1.29, 1.82) is 0 Å². The maximum absolute atomic E-state index is 15.1. The topological polar surface area (TPSA) is 93.6 Å². The largest absolute Gasteiger partial charge is 0.394 e. The number of aliphatic hydroxyl groups is 1. The molecular formula is C39H42N4O5. The average molecular weight is 647 g/mol. The van der Waals surface area contributed by atoms with Crippen molar-refractivity contribution in [2.75, 3.05) is 47.5 Å². The molecule has 4 heterocycles. The number of nitrogens with zero attached hydrogens (tertiary/aromatic N) is 4. The van der Waals surface area contributed by atoms with E-state index in [1.165, 1.54) is 4.90 Å². The molecule has 2 saturated heterocycles. The van der Waals surface area contributed by atoms with Gasteiger partial charge in [0.15, 0.2) is 0 Å². The third kappa shape index (κ3) is 4.87. The standard InChI is InChI=1S/C39H42N4O5/c1-4-40(5-2)28-18-20-30(21-19-28)42-25-13-23-39-33(36(46)43(34(39)37(42)47)31(26-44)27-14-8-6-9-15-27)32-35(45)41(29-16-10-7-11-17-29)24-12-22-38(32,3)48-39/h6-23,31-34,44H,4-5,24-26H2,1-3H3/t31-,32-,33+,34?,38+,39+/m1/s1. The van der Waals surface area contributed by atoms with Crippen LogP contribution in [0.4, 0.5) is 17.1 Å². The summed E-state index contributed by atoms with van der Waals surface area (Å²) in [6.45, 7) is 7.95. The Bertz CT molecular complexity index is 1740. The molecule has 9 heteroatoms. The Morgan fingerprint density at radius 3 is 1.98 bits per heavy atom. The summed E-state index contributed by atoms with van der Waals surface area (Å²) in [4.78, 5) is 51.9. The van der Waals surface area contributed by atoms with Gasteiger partial charge in [0.25, 0.3) is 5.91 Å². The van der Waals surface area contributed by atoms with Gasteiger partial charge in [-0.15, -0.1) is 0 Å². The van der Waals surface area contributed by atoms with Gasteiger partial charge in [0.2, 0.25) is 11.8 Å². The molecule has 9 nitrogen and oxygen atoms in total. The Morgan fingerprint density at radius 2 is 1.35 bits per heavy atom. The monoisotopic (exact) mass is 646 g/mol. The molecule has 1 unspecified atom stereocenters. The number of anilines is 3. The van der Waals surface area contributed by atoms with Gasteiger partial charge in [-0.2, -0.15) is 0 Å². The van der Waals surface area contributed by atoms with Crippen molar-refractivity contribution in [3.63, 3.8) is 0 Å². The second kappa shape index (κ2) is 12.4. The van der Waals surface area contributed by atoms with Crippen LogP contribution in [0.15, 0.2) is 109 Å². The number of benzene rings is 3. The molecule has 0 radical (unpaired) electrons. The van der Waals surface area contributed by atoms with Crippen LogP contribution in [0.2, 0.25) is 0 Å². The molecule has 3 amide bonds. The molecule has 248 valence electrons. The molecule has 2 fully saturated rings. The number of amides is 3. The summed E-state index contributed by atoms with van der Waals surface area (Å²) in [6, 6.07) is 24.6. The van der Waals surface area contributed by atoms with Crippen LogP contribution >= 0.6 is 0 Å². The van der Waals surface area contributed by atoms with E-state index < -0.39 is 41.7 Å². The summed E-state index contributed by atoms with van der Waals surface area (Å²) in [7, 11) is 0. The zero-order valence-electron chi connectivity index (χ0n) is 27.6. The molecule has 7 rings (SSSR count). The SMILES string of the molecule is CCN(CC)c1ccc(N2CC=C[C@]34O[C@@]5(C)C=CCN(c6ccccc6)C(=O)[C@H]5[C@H]3C(=O)N([C@H](CO)c3ccccc3)C4C2=O)cc1. The van der Waals surface area contributed by atoms with Gasteiger partial charge < -0.3 is 29.4 Å². The number of fused-ring (bicyclic) bond motifs is 2. The Morgan fingerprint density at radius 1 is 0.771 bits per heavy atom. The lowest BCUT2D eigenvalue weighted by Crippen LogP contribution is -2.57. The van der Waals surface area contributed by atoms with Crippen molar-refractivity contribution in [2.45, 2.75) is 44.1 Å². The first kappa shape index (κ1) is 31.8. The number of hydrogen-bond donors (Lipinski definition) is 1. The molecule has 1 spiro atoms. The molecular weight excluding hydrogens is 604 g/mol. The van der Waals surface area contributed by atoms with Gasteiger partial charge in [-0.05, 0) is 62.7 Å². The number of carbonyl (C=O) groups excluding carboxylic acids is 3. The van der Waals surface area contributed by atoms with E-state index >= 15 is 9.59 Å². The highest BCUT2D eigenvalue weighted by atomic mass is 16.5. The number of aliphatic hydroxyl groups excluding tert-OH is 1. The summed E-state index contributed by atoms with van der Waals surface area (Å²) >= 11 is 0. The van der Waals surface area contributed by atoms with Gasteiger partial charge in [-0.25, -0.2) is 0 Å². The van der Waals surface area contributed by atoms with E-state index in [1.54, 1.807) is 9.80 Å². The highest BCUT2D eigenvalue weighted by Gasteiger charge is 2.75. The van der Waals surface area contributed by atoms with Crippen LogP contribution in [0.3, 0.4) is 0 Å². The number of hydrogen-bond acceptors (Lipinski definition) is 6. The molecule has 0 bridgehead atoms. The van der Waals surface area contributed by atoms with E-state index in [0.29, 0.717) is 17.8 Å². The smallest absolute Gasteiger partial charge is 0.253 e. The maximum Gasteiger partial charge on any atom is 0.253 e. The van der Waals surface area contributed by atoms with E-state index in [9.17, 15) is 9.90 Å². The maximum atomic E-state index is 15.1. The van der Waals surface area contributed by atoms with Gasteiger partial charge in [-0.3, -0.25) is 14.4 Å². The van der Waals surface area contributed by atoms with Gasteiger partial charge in [0, 0.05) is 43.2 Å². The summed E-state index contributed by atoms with van der Waals surface area (Å²) in [5.41, 5.74) is 0.559. The second-order valence-corrected chi connectivity index (χ2v) is 13.1. The van der Waals surface area contributed by atoms with E-state index in [-0.39, 0.29) is 24.3 Å². The molecule has 0 aromatic heterocycles. The number of ether oxygens (including phenoxy) is 1. The van der Waals surface area contributed by atoms with E-state index in [2.05, 4.69) is 18.7 Å². The van der Waals surface area contributed by atoms with Crippen LogP contribution in [-0.2, 0) is 19.1 Å². The van der Waals surface area contributed by atoms with Crippen molar-refractivity contribution in [3.05, 3.63) is 115 Å². The van der Waals surface area contributed by atoms with E-state index in [4.69, 9.17) is 4.74 Å². The van der Waals surface area contributed by atoms with Gasteiger partial charge in [0.05, 0.1) is 30.1 Å². The second-order valence-electron chi connectivity index (χ2n) is 13.1. The number of para-hydroxylation sites is 1. The van der Waals surface area contributed by atoms with Crippen molar-refractivity contribution in [1.82, 2.24) is 4.90 Å². The molecule has 1 N–H and O–H groups in total. The first-order valence-corrected chi connectivity index (χ1v) is 16.8. The zero-order chi connectivity index (χ0) is 33.6. The van der Waals surface area contributed by atoms with Gasteiger partial charge in [0.1, 0.15) is 11.6 Å². The van der Waals surface area contributed by atoms with Crippen LogP contribution in [0.1, 0.15) is 32.4 Å². The van der Waals surface area contributed by atoms with Crippen LogP contribution in [0.5, 0.6) is 0 Å². The van der Waals surface area contributed by atoms with Gasteiger partial charge >= 0.3 is 0 Å². The number of carbonyl (C=O) groups is 3. The minimum atomic E-state index is -1.45. The Balaban J connectivity index is 1.36. The van der Waals surface area contributed by atoms with E-state index in [1.807, 2.05) is 116 Å². The number of likely N-dealkylation sites (tertiary alicyclic amines) is 1. The zero-order valence-corrected chi connectivity index (χ0v) is 27.6. The lowest BCUT2D eigenvalue weighted by Gasteiger charge is -2.40.